The van der Waals surface area contributed by atoms with Crippen molar-refractivity contribution in [3.05, 3.63) is 29.3 Å². The van der Waals surface area contributed by atoms with Crippen LogP contribution < -0.4 is 5.73 Å². The third kappa shape index (κ3) is 4.67. The van der Waals surface area contributed by atoms with E-state index < -0.39 is 6.04 Å². The summed E-state index contributed by atoms with van der Waals surface area (Å²) in [5.74, 6) is -0.0459. The van der Waals surface area contributed by atoms with E-state index in [0.29, 0.717) is 19.5 Å². The van der Waals surface area contributed by atoms with Gasteiger partial charge in [0.05, 0.1) is 36.2 Å². The average molecular weight is 501 g/mol. The number of carbonyl (C=O) groups excluding carboxylic acids is 2. The van der Waals surface area contributed by atoms with Gasteiger partial charge in [-0.1, -0.05) is 6.07 Å². The van der Waals surface area contributed by atoms with Crippen LogP contribution in [-0.4, -0.2) is 89.5 Å². The maximum absolute atomic E-state index is 13.4. The molecule has 2 N–H and O–H groups in total. The lowest BCUT2D eigenvalue weighted by molar-refractivity contribution is -0.340. The van der Waals surface area contributed by atoms with Gasteiger partial charge in [0.15, 0.2) is 0 Å². The van der Waals surface area contributed by atoms with Gasteiger partial charge in [0.25, 0.3) is 0 Å². The van der Waals surface area contributed by atoms with Crippen molar-refractivity contribution >= 4 is 23.9 Å². The molecule has 0 spiro atoms. The Kier molecular flexibility index (Phi) is 7.03. The second kappa shape index (κ2) is 10.0. The van der Waals surface area contributed by atoms with Gasteiger partial charge in [-0.3, -0.25) is 14.5 Å². The molecule has 11 heteroatoms. The molecule has 5 atom stereocenters. The lowest BCUT2D eigenvalue weighted by atomic mass is 10.1. The number of nitrogens with two attached hydrogens (primary N) is 1. The van der Waals surface area contributed by atoms with Crippen LogP contribution in [0.2, 0.25) is 0 Å². The number of hydrogen-bond donors (Lipinski definition) is 1. The number of hydroxylamine groups is 2. The molecule has 3 saturated heterocycles. The molecule has 4 aliphatic rings. The molecule has 1 unspecified atom stereocenters. The summed E-state index contributed by atoms with van der Waals surface area (Å²) in [6.07, 6.45) is 4.15. The van der Waals surface area contributed by atoms with E-state index in [1.807, 2.05) is 6.07 Å². The van der Waals surface area contributed by atoms with Gasteiger partial charge in [0, 0.05) is 44.7 Å². The Balaban J connectivity index is 1.20. The van der Waals surface area contributed by atoms with Gasteiger partial charge in [0.1, 0.15) is 6.04 Å². The molecule has 5 rings (SSSR count). The molecule has 1 aliphatic carbocycles. The minimum atomic E-state index is -0.716. The summed E-state index contributed by atoms with van der Waals surface area (Å²) in [5.41, 5.74) is 8.71. The molecule has 0 aromatic heterocycles. The summed E-state index contributed by atoms with van der Waals surface area (Å²) in [7, 11) is 3.50. The minimum absolute atomic E-state index is 0.0870. The van der Waals surface area contributed by atoms with Crippen molar-refractivity contribution in [3.63, 3.8) is 0 Å². The van der Waals surface area contributed by atoms with Gasteiger partial charge in [-0.2, -0.15) is 10.3 Å². The minimum Gasteiger partial charge on any atom is -0.330 e. The highest BCUT2D eigenvalue weighted by atomic mass is 32.2. The molecule has 10 nitrogen and oxygen atoms in total. The molecule has 3 heterocycles. The van der Waals surface area contributed by atoms with Crippen LogP contribution in [0.5, 0.6) is 0 Å². The van der Waals surface area contributed by atoms with Crippen molar-refractivity contribution in [3.8, 4) is 6.07 Å². The van der Waals surface area contributed by atoms with Crippen molar-refractivity contribution in [1.82, 2.24) is 19.8 Å². The van der Waals surface area contributed by atoms with Crippen LogP contribution >= 0.6 is 12.0 Å². The Bertz CT molecular complexity index is 1030. The Morgan fingerprint density at radius 1 is 1.34 bits per heavy atom. The molecule has 0 radical (unpaired) electrons. The maximum Gasteiger partial charge on any atom is 0.241 e. The number of aryl methyl sites for hydroxylation is 1. The van der Waals surface area contributed by atoms with E-state index in [4.69, 9.17) is 15.1 Å². The van der Waals surface area contributed by atoms with Crippen LogP contribution in [0.15, 0.2) is 23.1 Å². The zero-order valence-electron chi connectivity index (χ0n) is 20.1. The van der Waals surface area contributed by atoms with Crippen molar-refractivity contribution < 1.29 is 18.9 Å². The summed E-state index contributed by atoms with van der Waals surface area (Å²) in [6, 6.07) is 7.32. The number of hydrogen-bond acceptors (Lipinski definition) is 9. The Hall–Kier alpha value is -2.20. The molecule has 3 aliphatic heterocycles. The highest BCUT2D eigenvalue weighted by Crippen LogP contribution is 2.44. The smallest absolute Gasteiger partial charge is 0.241 e. The van der Waals surface area contributed by atoms with Crippen LogP contribution in [0.4, 0.5) is 0 Å². The summed E-state index contributed by atoms with van der Waals surface area (Å²) < 4.78 is 5.15. The predicted octanol–water partition coefficient (Wildman–Crippen LogP) is 1.23. The molecule has 2 amide bonds. The van der Waals surface area contributed by atoms with Gasteiger partial charge in [-0.05, 0) is 55.4 Å². The SMILES string of the molecule is CN(C)OOSc1ccc2c(c1)CC[C@@H]2N1C(=O)[C@H]2CC1CN2C[C@H](N)C(=O)N1CCC[C@H]1C#N. The highest BCUT2D eigenvalue weighted by molar-refractivity contribution is 7.94. The molecule has 188 valence electrons. The van der Waals surface area contributed by atoms with Gasteiger partial charge in [0.2, 0.25) is 11.8 Å². The average Bonchev–Trinajstić information content (AvgIpc) is 3.61. The fraction of sp³-hybridized carbons (Fsp3) is 0.625. The van der Waals surface area contributed by atoms with Crippen LogP contribution in [-0.2, 0) is 25.3 Å². The largest absolute Gasteiger partial charge is 0.330 e. The summed E-state index contributed by atoms with van der Waals surface area (Å²) in [4.78, 5) is 38.0. The lowest BCUT2D eigenvalue weighted by Crippen LogP contribution is -2.56. The first-order valence-corrected chi connectivity index (χ1v) is 12.9. The summed E-state index contributed by atoms with van der Waals surface area (Å²) in [6.45, 7) is 1.67. The number of nitrogens with zero attached hydrogens (tertiary/aromatic N) is 5. The number of likely N-dealkylation sites (tertiary alicyclic amines) is 3. The Morgan fingerprint density at radius 2 is 2.17 bits per heavy atom. The zero-order chi connectivity index (χ0) is 24.7. The first-order valence-electron chi connectivity index (χ1n) is 12.2. The van der Waals surface area contributed by atoms with Crippen molar-refractivity contribution in [2.45, 2.75) is 67.2 Å². The second-order valence-electron chi connectivity index (χ2n) is 9.98. The van der Waals surface area contributed by atoms with E-state index >= 15 is 0 Å². The Morgan fingerprint density at radius 3 is 2.91 bits per heavy atom. The van der Waals surface area contributed by atoms with Gasteiger partial charge >= 0.3 is 0 Å². The van der Waals surface area contributed by atoms with Crippen LogP contribution in [0.1, 0.15) is 42.9 Å². The number of fused-ring (bicyclic) bond motifs is 3. The number of rotatable bonds is 8. The lowest BCUT2D eigenvalue weighted by Gasteiger charge is -2.38. The molecule has 1 aromatic carbocycles. The third-order valence-electron chi connectivity index (χ3n) is 7.55. The number of carbonyl (C=O) groups is 2. The molecule has 3 fully saturated rings. The van der Waals surface area contributed by atoms with Gasteiger partial charge in [-0.25, -0.2) is 0 Å². The molecule has 0 saturated carbocycles. The predicted molar refractivity (Wildman–Crippen MR) is 128 cm³/mol. The first kappa shape index (κ1) is 24.5. The maximum atomic E-state index is 13.4. The van der Waals surface area contributed by atoms with E-state index in [-0.39, 0.29) is 36.0 Å². The summed E-state index contributed by atoms with van der Waals surface area (Å²) >= 11 is 1.17. The summed E-state index contributed by atoms with van der Waals surface area (Å²) in [5, 5.41) is 10.8. The second-order valence-corrected chi connectivity index (χ2v) is 10.8. The molecule has 1 aromatic rings. The quantitative estimate of drug-likeness (QED) is 0.320. The van der Waals surface area contributed by atoms with Crippen LogP contribution in [0.25, 0.3) is 0 Å². The van der Waals surface area contributed by atoms with Crippen molar-refractivity contribution in [1.29, 1.82) is 5.26 Å². The number of benzene rings is 1. The standard InChI is InChI=1S/C24H32N6O4S/c1-27(2)33-34-35-18-6-7-19-15(10-18)5-8-21(19)30-17-11-22(24(30)32)28(13-17)14-20(26)23(31)29-9-3-4-16(29)12-25/h6-7,10,16-17,20-22H,3-5,8-9,11,13-14,26H2,1-2H3/t16-,17?,20-,21-,22+/m0/s1. The number of piperazine rings is 1. The van der Waals surface area contributed by atoms with E-state index in [2.05, 4.69) is 28.0 Å². The van der Waals surface area contributed by atoms with Gasteiger partial charge < -0.3 is 15.5 Å². The van der Waals surface area contributed by atoms with Gasteiger partial charge in [-0.15, -0.1) is 9.32 Å². The zero-order valence-corrected chi connectivity index (χ0v) is 20.9. The highest BCUT2D eigenvalue weighted by Gasteiger charge is 2.53. The molecule has 35 heavy (non-hydrogen) atoms. The third-order valence-corrected chi connectivity index (χ3v) is 8.13. The van der Waals surface area contributed by atoms with Crippen LogP contribution in [0, 0.1) is 11.3 Å². The van der Waals surface area contributed by atoms with E-state index in [1.165, 1.54) is 28.2 Å². The van der Waals surface area contributed by atoms with E-state index in [1.54, 1.807) is 19.0 Å². The van der Waals surface area contributed by atoms with Crippen molar-refractivity contribution in [2.75, 3.05) is 33.7 Å². The van der Waals surface area contributed by atoms with Crippen LogP contribution in [0.3, 0.4) is 0 Å². The fourth-order valence-electron chi connectivity index (χ4n) is 6.04. The monoisotopic (exact) mass is 500 g/mol. The normalized spacial score (nSPS) is 28.7. The fourth-order valence-corrected chi connectivity index (χ4v) is 6.58. The molecular formula is C24H32N6O4S. The first-order chi connectivity index (χ1) is 16.9. The van der Waals surface area contributed by atoms with Crippen molar-refractivity contribution in [2.24, 2.45) is 5.73 Å². The number of amides is 2. The Labute approximate surface area is 210 Å². The van der Waals surface area contributed by atoms with E-state index in [0.717, 1.165) is 37.1 Å². The molecule has 2 bridgehead atoms. The topological polar surface area (TPSA) is 115 Å². The number of nitriles is 1. The molecular weight excluding hydrogens is 468 g/mol. The van der Waals surface area contributed by atoms with E-state index in [9.17, 15) is 14.9 Å².